The van der Waals surface area contributed by atoms with Crippen molar-refractivity contribution in [1.29, 1.82) is 0 Å². The maximum Gasteiger partial charge on any atom is 0.354 e. The van der Waals surface area contributed by atoms with Gasteiger partial charge in [0.2, 0.25) is 4.27 Å². The number of esters is 1. The summed E-state index contributed by atoms with van der Waals surface area (Å²) >= 11 is 2.28. The summed E-state index contributed by atoms with van der Waals surface area (Å²) in [4.78, 5) is 13.6. The Morgan fingerprint density at radius 2 is 2.12 bits per heavy atom. The molecule has 0 aromatic heterocycles. The van der Waals surface area contributed by atoms with Crippen LogP contribution in [0.4, 0.5) is 0 Å². The average molecular weight is 377 g/mol. The van der Waals surface area contributed by atoms with E-state index >= 15 is 0 Å². The van der Waals surface area contributed by atoms with Crippen molar-refractivity contribution >= 4 is 29.5 Å². The van der Waals surface area contributed by atoms with Gasteiger partial charge in [0.1, 0.15) is 5.70 Å². The summed E-state index contributed by atoms with van der Waals surface area (Å²) in [6, 6.07) is 9.35. The maximum atomic E-state index is 12.1. The van der Waals surface area contributed by atoms with Crippen LogP contribution in [0.15, 0.2) is 69.4 Å². The highest BCUT2D eigenvalue weighted by Crippen LogP contribution is 2.56. The second-order valence-corrected chi connectivity index (χ2v) is 8.32. The number of unbranched alkanes of at least 4 members (excludes halogenated alkanes) is 1. The van der Waals surface area contributed by atoms with Crippen molar-refractivity contribution in [3.05, 3.63) is 64.5 Å². The Morgan fingerprint density at radius 3 is 2.84 bits per heavy atom. The van der Waals surface area contributed by atoms with Crippen LogP contribution < -0.4 is 5.32 Å². The van der Waals surface area contributed by atoms with Gasteiger partial charge < -0.3 is 20.3 Å². The van der Waals surface area contributed by atoms with Crippen molar-refractivity contribution in [2.24, 2.45) is 0 Å². The molecule has 0 bridgehead atoms. The minimum atomic E-state index is -1.53. The molecule has 2 aliphatic rings. The highest BCUT2D eigenvalue weighted by atomic mass is 32.2. The molecule has 5 nitrogen and oxygen atoms in total. The number of aliphatic hydroxyl groups is 2. The maximum absolute atomic E-state index is 12.1. The Labute approximate surface area is 154 Å². The quantitative estimate of drug-likeness (QED) is 0.397. The zero-order chi connectivity index (χ0) is 17.9. The van der Waals surface area contributed by atoms with Crippen molar-refractivity contribution in [2.45, 2.75) is 28.9 Å². The number of fused-ring (bicyclic) bond motifs is 1. The molecule has 1 unspecified atom stereocenters. The average Bonchev–Trinajstić information content (AvgIpc) is 2.86. The van der Waals surface area contributed by atoms with Gasteiger partial charge in [0.25, 0.3) is 0 Å². The molecular formula is C18H19NO4S2. The van der Waals surface area contributed by atoms with Crippen LogP contribution in [0, 0.1) is 0 Å². The molecule has 7 heteroatoms. The molecule has 3 rings (SSSR count). The number of ether oxygens (including phenoxy) is 1. The van der Waals surface area contributed by atoms with E-state index in [0.717, 1.165) is 41.3 Å². The minimum Gasteiger partial charge on any atom is -0.507 e. The van der Waals surface area contributed by atoms with Gasteiger partial charge in [-0.25, -0.2) is 4.79 Å². The second-order valence-electron chi connectivity index (χ2n) is 5.56. The number of carbonyl (C=O) groups is 1. The van der Waals surface area contributed by atoms with Gasteiger partial charge in [-0.15, -0.1) is 0 Å². The number of hydrogen-bond donors (Lipinski definition) is 3. The van der Waals surface area contributed by atoms with E-state index in [1.165, 1.54) is 6.08 Å². The zero-order valence-corrected chi connectivity index (χ0v) is 15.3. The fourth-order valence-corrected chi connectivity index (χ4v) is 4.77. The van der Waals surface area contributed by atoms with E-state index in [0.29, 0.717) is 17.1 Å². The standard InChI is InChI=1S/C18H19NO4S2/c1-2-3-9-23-17(21)14-10-13-15(11-19-14)25-18(22,16(13)20)24-12-7-5-4-6-8-12/h4-8,10-11,19-20,22H,2-3,9H2,1H3. The lowest BCUT2D eigenvalue weighted by atomic mass is 10.1. The molecule has 0 aliphatic carbocycles. The van der Waals surface area contributed by atoms with E-state index in [2.05, 4.69) is 5.32 Å². The SMILES string of the molecule is CCCCOC(=O)C1=CC2=C(O)C(O)(Sc3ccccc3)SC2=CN1. The van der Waals surface area contributed by atoms with Gasteiger partial charge in [0.15, 0.2) is 5.76 Å². The van der Waals surface area contributed by atoms with E-state index in [1.54, 1.807) is 6.20 Å². The molecule has 1 aromatic rings. The first-order valence-corrected chi connectivity index (χ1v) is 9.62. The van der Waals surface area contributed by atoms with Crippen LogP contribution in [-0.4, -0.2) is 27.1 Å². The Morgan fingerprint density at radius 1 is 1.36 bits per heavy atom. The number of thioether (sulfide) groups is 2. The summed E-state index contributed by atoms with van der Waals surface area (Å²) < 4.78 is 3.65. The van der Waals surface area contributed by atoms with E-state index < -0.39 is 10.2 Å². The first kappa shape index (κ1) is 18.0. The highest BCUT2D eigenvalue weighted by Gasteiger charge is 2.45. The van der Waals surface area contributed by atoms with Crippen molar-refractivity contribution in [2.75, 3.05) is 6.61 Å². The summed E-state index contributed by atoms with van der Waals surface area (Å²) in [5.41, 5.74) is 0.688. The van der Waals surface area contributed by atoms with E-state index in [-0.39, 0.29) is 11.5 Å². The van der Waals surface area contributed by atoms with Gasteiger partial charge >= 0.3 is 5.97 Å². The number of carbonyl (C=O) groups excluding carboxylic acids is 1. The lowest BCUT2D eigenvalue weighted by Gasteiger charge is -2.20. The van der Waals surface area contributed by atoms with Gasteiger partial charge in [-0.2, -0.15) is 0 Å². The summed E-state index contributed by atoms with van der Waals surface area (Å²) in [5.74, 6) is -0.641. The molecule has 1 aromatic carbocycles. The van der Waals surface area contributed by atoms with Crippen LogP contribution in [0.2, 0.25) is 0 Å². The Hall–Kier alpha value is -1.83. The molecule has 0 radical (unpaired) electrons. The molecule has 3 N–H and O–H groups in total. The Kier molecular flexibility index (Phi) is 5.46. The minimum absolute atomic E-state index is 0.169. The van der Waals surface area contributed by atoms with E-state index in [4.69, 9.17) is 4.74 Å². The third kappa shape index (κ3) is 3.89. The highest BCUT2D eigenvalue weighted by molar-refractivity contribution is 8.20. The molecule has 25 heavy (non-hydrogen) atoms. The molecule has 1 atom stereocenters. The summed E-state index contributed by atoms with van der Waals surface area (Å²) in [7, 11) is 0. The number of dihydropyridines is 1. The zero-order valence-electron chi connectivity index (χ0n) is 13.7. The molecule has 132 valence electrons. The fourth-order valence-electron chi connectivity index (χ4n) is 2.34. The van der Waals surface area contributed by atoms with Gasteiger partial charge in [-0.05, 0) is 24.6 Å². The molecule has 0 amide bonds. The topological polar surface area (TPSA) is 78.8 Å². The van der Waals surface area contributed by atoms with Crippen molar-refractivity contribution < 1.29 is 19.7 Å². The molecule has 0 saturated heterocycles. The number of allylic oxidation sites excluding steroid dienone is 2. The predicted molar refractivity (Wildman–Crippen MR) is 99.7 cm³/mol. The normalized spacial score (nSPS) is 22.0. The summed E-state index contributed by atoms with van der Waals surface area (Å²) in [5, 5.41) is 24.3. The first-order valence-electron chi connectivity index (χ1n) is 7.98. The van der Waals surface area contributed by atoms with Gasteiger partial charge in [0.05, 0.1) is 6.61 Å². The van der Waals surface area contributed by atoms with Crippen LogP contribution in [0.3, 0.4) is 0 Å². The van der Waals surface area contributed by atoms with Crippen molar-refractivity contribution in [1.82, 2.24) is 5.32 Å². The number of benzene rings is 1. The largest absolute Gasteiger partial charge is 0.507 e. The van der Waals surface area contributed by atoms with Crippen molar-refractivity contribution in [3.8, 4) is 0 Å². The van der Waals surface area contributed by atoms with Gasteiger partial charge in [0, 0.05) is 21.6 Å². The third-order valence-electron chi connectivity index (χ3n) is 3.67. The molecular weight excluding hydrogens is 358 g/mol. The van der Waals surface area contributed by atoms with E-state index in [1.807, 2.05) is 37.3 Å². The lowest BCUT2D eigenvalue weighted by Crippen LogP contribution is -2.21. The molecule has 0 saturated carbocycles. The smallest absolute Gasteiger partial charge is 0.354 e. The Balaban J connectivity index is 1.79. The number of rotatable bonds is 6. The van der Waals surface area contributed by atoms with Crippen LogP contribution >= 0.6 is 23.5 Å². The number of aliphatic hydroxyl groups excluding tert-OH is 1. The van der Waals surface area contributed by atoms with Crippen LogP contribution in [0.25, 0.3) is 0 Å². The van der Waals surface area contributed by atoms with Gasteiger partial charge in [-0.3, -0.25) is 0 Å². The second kappa shape index (κ2) is 7.59. The third-order valence-corrected chi connectivity index (χ3v) is 6.17. The van der Waals surface area contributed by atoms with Crippen LogP contribution in [0.5, 0.6) is 0 Å². The van der Waals surface area contributed by atoms with Crippen LogP contribution in [-0.2, 0) is 9.53 Å². The predicted octanol–water partition coefficient (Wildman–Crippen LogP) is 3.66. The van der Waals surface area contributed by atoms with Crippen molar-refractivity contribution in [3.63, 3.8) is 0 Å². The molecule has 0 spiro atoms. The number of hydrogen-bond acceptors (Lipinski definition) is 7. The first-order chi connectivity index (χ1) is 12.0. The molecule has 2 heterocycles. The molecule has 0 fully saturated rings. The Bertz CT molecular complexity index is 758. The number of nitrogens with one attached hydrogen (secondary N) is 1. The monoisotopic (exact) mass is 377 g/mol. The summed E-state index contributed by atoms with van der Waals surface area (Å²) in [6.45, 7) is 2.38. The van der Waals surface area contributed by atoms with Crippen LogP contribution in [0.1, 0.15) is 19.8 Å². The fraction of sp³-hybridized carbons (Fsp3) is 0.278. The molecule has 2 aliphatic heterocycles. The van der Waals surface area contributed by atoms with Gasteiger partial charge in [-0.1, -0.05) is 55.1 Å². The summed E-state index contributed by atoms with van der Waals surface area (Å²) in [6.07, 6.45) is 4.87. The lowest BCUT2D eigenvalue weighted by molar-refractivity contribution is -0.139. The van der Waals surface area contributed by atoms with E-state index in [9.17, 15) is 15.0 Å².